The van der Waals surface area contributed by atoms with E-state index in [0.717, 1.165) is 11.3 Å². The summed E-state index contributed by atoms with van der Waals surface area (Å²) in [5.74, 6) is -1.27. The molecule has 5 nitrogen and oxygen atoms in total. The number of nitrogens with zero attached hydrogens (tertiary/aromatic N) is 1. The molecule has 0 aliphatic carbocycles. The van der Waals surface area contributed by atoms with E-state index in [1.54, 1.807) is 0 Å². The van der Waals surface area contributed by atoms with Gasteiger partial charge in [-0.3, -0.25) is 9.59 Å². The van der Waals surface area contributed by atoms with E-state index in [1.807, 2.05) is 43.3 Å². The number of carboxylic acid groups (broad SMARTS) is 1. The Morgan fingerprint density at radius 1 is 1.37 bits per heavy atom. The summed E-state index contributed by atoms with van der Waals surface area (Å²) < 4.78 is 0. The molecule has 0 aliphatic heterocycles. The van der Waals surface area contributed by atoms with Gasteiger partial charge in [-0.25, -0.2) is 0 Å². The van der Waals surface area contributed by atoms with Gasteiger partial charge in [0.15, 0.2) is 0 Å². The van der Waals surface area contributed by atoms with Crippen LogP contribution in [0.4, 0.5) is 5.69 Å². The van der Waals surface area contributed by atoms with Crippen LogP contribution in [-0.2, 0) is 16.0 Å². The summed E-state index contributed by atoms with van der Waals surface area (Å²) in [5, 5.41) is 11.1. The molecule has 1 aromatic rings. The Balaban J connectivity index is 2.50. The van der Waals surface area contributed by atoms with Crippen LogP contribution in [-0.4, -0.2) is 37.1 Å². The molecule has 0 fully saturated rings. The number of anilines is 1. The minimum atomic E-state index is -1.03. The number of rotatable bonds is 6. The lowest BCUT2D eigenvalue weighted by atomic mass is 10.1. The van der Waals surface area contributed by atoms with E-state index >= 15 is 0 Å². The van der Waals surface area contributed by atoms with E-state index in [0.29, 0.717) is 6.42 Å². The van der Waals surface area contributed by atoms with Crippen LogP contribution in [0.5, 0.6) is 0 Å². The maximum atomic E-state index is 11.6. The molecule has 1 rings (SSSR count). The zero-order valence-electron chi connectivity index (χ0n) is 11.5. The van der Waals surface area contributed by atoms with Crippen molar-refractivity contribution in [2.75, 3.05) is 19.0 Å². The highest BCUT2D eigenvalue weighted by Gasteiger charge is 2.13. The van der Waals surface area contributed by atoms with Gasteiger partial charge in [0.25, 0.3) is 0 Å². The number of aryl methyl sites for hydroxylation is 1. The van der Waals surface area contributed by atoms with Crippen LogP contribution in [0.2, 0.25) is 0 Å². The van der Waals surface area contributed by atoms with Gasteiger partial charge in [0.05, 0.1) is 0 Å². The molecule has 1 atom stereocenters. The molecular weight excluding hydrogens is 244 g/mol. The van der Waals surface area contributed by atoms with Gasteiger partial charge < -0.3 is 15.3 Å². The van der Waals surface area contributed by atoms with Crippen LogP contribution < -0.4 is 10.2 Å². The molecule has 19 heavy (non-hydrogen) atoms. The molecule has 0 spiro atoms. The van der Waals surface area contributed by atoms with Crippen molar-refractivity contribution in [2.24, 2.45) is 0 Å². The lowest BCUT2D eigenvalue weighted by molar-refractivity contribution is -0.141. The molecular formula is C14H20N2O3. The number of carbonyl (C=O) groups excluding carboxylic acids is 1. The van der Waals surface area contributed by atoms with Gasteiger partial charge in [0, 0.05) is 26.2 Å². The molecule has 0 aliphatic rings. The van der Waals surface area contributed by atoms with Gasteiger partial charge in [-0.15, -0.1) is 0 Å². The molecule has 0 saturated carbocycles. The van der Waals surface area contributed by atoms with E-state index in [4.69, 9.17) is 5.11 Å². The van der Waals surface area contributed by atoms with Crippen LogP contribution in [0.3, 0.4) is 0 Å². The van der Waals surface area contributed by atoms with Gasteiger partial charge >= 0.3 is 5.97 Å². The summed E-state index contributed by atoms with van der Waals surface area (Å²) in [6, 6.07) is 7.08. The van der Waals surface area contributed by atoms with Crippen molar-refractivity contribution in [1.29, 1.82) is 0 Å². The Morgan fingerprint density at radius 3 is 2.63 bits per heavy atom. The van der Waals surface area contributed by atoms with E-state index in [9.17, 15) is 9.59 Å². The number of benzene rings is 1. The largest absolute Gasteiger partial charge is 0.480 e. The SMILES string of the molecule is C[C@H](NC(=O)CCc1cccc(N(C)C)c1)C(=O)O. The predicted octanol–water partition coefficient (Wildman–Crippen LogP) is 1.27. The lowest BCUT2D eigenvalue weighted by Gasteiger charge is -2.13. The molecule has 5 heteroatoms. The normalized spacial score (nSPS) is 11.7. The first-order valence-corrected chi connectivity index (χ1v) is 6.18. The molecule has 104 valence electrons. The first-order valence-electron chi connectivity index (χ1n) is 6.18. The van der Waals surface area contributed by atoms with Crippen molar-refractivity contribution in [2.45, 2.75) is 25.8 Å². The predicted molar refractivity (Wildman–Crippen MR) is 74.3 cm³/mol. The number of amides is 1. The second-order valence-electron chi connectivity index (χ2n) is 4.69. The average Bonchev–Trinajstić information content (AvgIpc) is 2.36. The standard InChI is InChI=1S/C14H20N2O3/c1-10(14(18)19)15-13(17)8-7-11-5-4-6-12(9-11)16(2)3/h4-6,9-10H,7-8H2,1-3H3,(H,15,17)(H,18,19)/t10-/m0/s1. The molecule has 0 bridgehead atoms. The van der Waals surface area contributed by atoms with Crippen molar-refractivity contribution in [3.8, 4) is 0 Å². The molecule has 1 amide bonds. The number of hydrogen-bond acceptors (Lipinski definition) is 3. The fraction of sp³-hybridized carbons (Fsp3) is 0.429. The third kappa shape index (κ3) is 4.99. The summed E-state index contributed by atoms with van der Waals surface area (Å²) in [6.07, 6.45) is 0.883. The first kappa shape index (κ1) is 15.0. The van der Waals surface area contributed by atoms with Crippen molar-refractivity contribution < 1.29 is 14.7 Å². The van der Waals surface area contributed by atoms with Crippen LogP contribution in [0, 0.1) is 0 Å². The Morgan fingerprint density at radius 2 is 2.05 bits per heavy atom. The zero-order valence-corrected chi connectivity index (χ0v) is 11.5. The molecule has 1 aromatic carbocycles. The Labute approximate surface area is 113 Å². The van der Waals surface area contributed by atoms with E-state index in [-0.39, 0.29) is 12.3 Å². The minimum Gasteiger partial charge on any atom is -0.480 e. The first-order chi connectivity index (χ1) is 8.90. The van der Waals surface area contributed by atoms with Gasteiger partial charge in [-0.1, -0.05) is 12.1 Å². The van der Waals surface area contributed by atoms with Crippen LogP contribution >= 0.6 is 0 Å². The fourth-order valence-electron chi connectivity index (χ4n) is 1.62. The molecule has 0 saturated heterocycles. The van der Waals surface area contributed by atoms with Crippen molar-refractivity contribution >= 4 is 17.6 Å². The number of carboxylic acids is 1. The molecule has 0 unspecified atom stereocenters. The Bertz CT molecular complexity index is 458. The monoisotopic (exact) mass is 264 g/mol. The van der Waals surface area contributed by atoms with Crippen LogP contribution in [0.25, 0.3) is 0 Å². The number of aliphatic carboxylic acids is 1. The zero-order chi connectivity index (χ0) is 14.4. The van der Waals surface area contributed by atoms with Gasteiger partial charge in [0.1, 0.15) is 6.04 Å². The maximum absolute atomic E-state index is 11.6. The van der Waals surface area contributed by atoms with Crippen LogP contribution in [0.15, 0.2) is 24.3 Å². The fourth-order valence-corrected chi connectivity index (χ4v) is 1.62. The van der Waals surface area contributed by atoms with Gasteiger partial charge in [-0.05, 0) is 31.0 Å². The average molecular weight is 264 g/mol. The Hall–Kier alpha value is -2.04. The third-order valence-corrected chi connectivity index (χ3v) is 2.82. The van der Waals surface area contributed by atoms with Gasteiger partial charge in [0.2, 0.25) is 5.91 Å². The maximum Gasteiger partial charge on any atom is 0.325 e. The highest BCUT2D eigenvalue weighted by Crippen LogP contribution is 2.14. The molecule has 0 heterocycles. The third-order valence-electron chi connectivity index (χ3n) is 2.82. The number of carbonyl (C=O) groups is 2. The molecule has 0 radical (unpaired) electrons. The summed E-state index contributed by atoms with van der Waals surface area (Å²) in [5.41, 5.74) is 2.14. The summed E-state index contributed by atoms with van der Waals surface area (Å²) in [7, 11) is 3.92. The Kier molecular flexibility index (Phi) is 5.36. The summed E-state index contributed by atoms with van der Waals surface area (Å²) in [4.78, 5) is 24.2. The summed E-state index contributed by atoms with van der Waals surface area (Å²) >= 11 is 0. The highest BCUT2D eigenvalue weighted by atomic mass is 16.4. The van der Waals surface area contributed by atoms with E-state index in [1.165, 1.54) is 6.92 Å². The van der Waals surface area contributed by atoms with Crippen molar-refractivity contribution in [3.63, 3.8) is 0 Å². The molecule has 0 aromatic heterocycles. The van der Waals surface area contributed by atoms with E-state index in [2.05, 4.69) is 5.32 Å². The van der Waals surface area contributed by atoms with Crippen molar-refractivity contribution in [3.05, 3.63) is 29.8 Å². The van der Waals surface area contributed by atoms with E-state index < -0.39 is 12.0 Å². The topological polar surface area (TPSA) is 69.6 Å². The second kappa shape index (κ2) is 6.78. The smallest absolute Gasteiger partial charge is 0.325 e. The number of hydrogen-bond donors (Lipinski definition) is 2. The quantitative estimate of drug-likeness (QED) is 0.812. The van der Waals surface area contributed by atoms with Gasteiger partial charge in [-0.2, -0.15) is 0 Å². The minimum absolute atomic E-state index is 0.245. The summed E-state index contributed by atoms with van der Waals surface area (Å²) in [6.45, 7) is 1.45. The lowest BCUT2D eigenvalue weighted by Crippen LogP contribution is -2.38. The highest BCUT2D eigenvalue weighted by molar-refractivity contribution is 5.83. The number of nitrogens with one attached hydrogen (secondary N) is 1. The van der Waals surface area contributed by atoms with Crippen LogP contribution in [0.1, 0.15) is 18.9 Å². The second-order valence-corrected chi connectivity index (χ2v) is 4.69. The molecule has 2 N–H and O–H groups in total. The van der Waals surface area contributed by atoms with Crippen molar-refractivity contribution in [1.82, 2.24) is 5.32 Å².